The molecule has 21 heavy (non-hydrogen) atoms. The summed E-state index contributed by atoms with van der Waals surface area (Å²) < 4.78 is 0. The van der Waals surface area contributed by atoms with Gasteiger partial charge in [-0.15, -0.1) is 11.3 Å². The van der Waals surface area contributed by atoms with Gasteiger partial charge in [0.2, 0.25) is 5.91 Å². The molecule has 1 aliphatic heterocycles. The molecule has 1 amide bonds. The molecule has 0 radical (unpaired) electrons. The van der Waals surface area contributed by atoms with Crippen LogP contribution in [0.5, 0.6) is 0 Å². The topological polar surface area (TPSA) is 32.3 Å². The molecule has 116 valence electrons. The Morgan fingerprint density at radius 2 is 2.19 bits per heavy atom. The molecule has 4 heteroatoms. The summed E-state index contributed by atoms with van der Waals surface area (Å²) in [5, 5.41) is 5.80. The first-order valence-electron chi connectivity index (χ1n) is 8.24. The van der Waals surface area contributed by atoms with Crippen LogP contribution in [-0.4, -0.2) is 22.9 Å². The molecule has 1 aromatic rings. The van der Waals surface area contributed by atoms with E-state index in [9.17, 15) is 4.79 Å². The number of carbonyl (C=O) groups is 1. The Morgan fingerprint density at radius 3 is 2.81 bits per heavy atom. The van der Waals surface area contributed by atoms with Gasteiger partial charge in [0.25, 0.3) is 0 Å². The van der Waals surface area contributed by atoms with Crippen LogP contribution in [-0.2, 0) is 4.79 Å². The number of rotatable bonds is 5. The van der Waals surface area contributed by atoms with Crippen molar-refractivity contribution in [2.45, 2.75) is 64.1 Å². The van der Waals surface area contributed by atoms with Crippen molar-refractivity contribution in [2.24, 2.45) is 5.92 Å². The normalized spacial score (nSPS) is 24.6. The third kappa shape index (κ3) is 2.88. The van der Waals surface area contributed by atoms with Crippen molar-refractivity contribution >= 4 is 17.2 Å². The average Bonchev–Trinajstić information content (AvgIpc) is 3.15. The average molecular weight is 306 g/mol. The number of carbonyl (C=O) groups excluding carboxylic acids is 1. The lowest BCUT2D eigenvalue weighted by Crippen LogP contribution is -2.44. The number of nitrogens with zero attached hydrogens (tertiary/aromatic N) is 1. The third-order valence-electron chi connectivity index (χ3n) is 4.85. The van der Waals surface area contributed by atoms with Crippen molar-refractivity contribution < 1.29 is 4.79 Å². The van der Waals surface area contributed by atoms with Gasteiger partial charge >= 0.3 is 0 Å². The van der Waals surface area contributed by atoms with Crippen molar-refractivity contribution in [3.8, 4) is 0 Å². The van der Waals surface area contributed by atoms with E-state index in [1.165, 1.54) is 24.1 Å². The molecule has 1 aromatic heterocycles. The molecule has 2 aliphatic rings. The van der Waals surface area contributed by atoms with Gasteiger partial charge in [0.05, 0.1) is 5.54 Å². The van der Waals surface area contributed by atoms with Gasteiger partial charge < -0.3 is 4.90 Å². The van der Waals surface area contributed by atoms with Crippen molar-refractivity contribution in [1.82, 2.24) is 10.2 Å². The first-order chi connectivity index (χ1) is 10.1. The molecule has 0 bridgehead atoms. The van der Waals surface area contributed by atoms with E-state index in [2.05, 4.69) is 41.6 Å². The quantitative estimate of drug-likeness (QED) is 0.894. The Morgan fingerprint density at radius 1 is 1.43 bits per heavy atom. The minimum absolute atomic E-state index is 0.0998. The van der Waals surface area contributed by atoms with Crippen molar-refractivity contribution in [2.75, 3.05) is 6.54 Å². The van der Waals surface area contributed by atoms with Crippen LogP contribution < -0.4 is 5.32 Å². The smallest absolute Gasteiger partial charge is 0.244 e. The summed E-state index contributed by atoms with van der Waals surface area (Å²) in [4.78, 5) is 16.4. The summed E-state index contributed by atoms with van der Waals surface area (Å²) in [6, 6.07) is 4.23. The van der Waals surface area contributed by atoms with Crippen LogP contribution in [0.2, 0.25) is 0 Å². The maximum Gasteiger partial charge on any atom is 0.244 e. The molecule has 1 saturated carbocycles. The molecular weight excluding hydrogens is 280 g/mol. The maximum absolute atomic E-state index is 13.0. The molecule has 1 saturated heterocycles. The van der Waals surface area contributed by atoms with Crippen molar-refractivity contribution in [1.29, 1.82) is 0 Å². The van der Waals surface area contributed by atoms with Gasteiger partial charge in [0.15, 0.2) is 0 Å². The molecule has 2 heterocycles. The predicted octanol–water partition coefficient (Wildman–Crippen LogP) is 3.93. The first kappa shape index (κ1) is 15.0. The summed E-state index contributed by atoms with van der Waals surface area (Å²) in [6.45, 7) is 5.38. The molecule has 2 fully saturated rings. The Kier molecular flexibility index (Phi) is 4.36. The third-order valence-corrected chi connectivity index (χ3v) is 5.77. The predicted molar refractivity (Wildman–Crippen MR) is 87.2 cm³/mol. The highest BCUT2D eigenvalue weighted by Crippen LogP contribution is 2.41. The highest BCUT2D eigenvalue weighted by molar-refractivity contribution is 7.10. The molecule has 1 atom stereocenters. The second-order valence-electron chi connectivity index (χ2n) is 6.89. The second-order valence-corrected chi connectivity index (χ2v) is 7.87. The molecule has 1 spiro atoms. The van der Waals surface area contributed by atoms with Crippen LogP contribution in [0.25, 0.3) is 0 Å². The Labute approximate surface area is 131 Å². The van der Waals surface area contributed by atoms with Crippen molar-refractivity contribution in [3.63, 3.8) is 0 Å². The van der Waals surface area contributed by atoms with Crippen LogP contribution in [0, 0.1) is 5.92 Å². The lowest BCUT2D eigenvalue weighted by Gasteiger charge is -2.23. The summed E-state index contributed by atoms with van der Waals surface area (Å²) in [6.07, 6.45) is 6.76. The highest BCUT2D eigenvalue weighted by atomic mass is 32.1. The molecular formula is C17H26N2OS. The Bertz CT molecular complexity index is 477. The van der Waals surface area contributed by atoms with Gasteiger partial charge in [0, 0.05) is 11.4 Å². The zero-order chi connectivity index (χ0) is 14.9. The summed E-state index contributed by atoms with van der Waals surface area (Å²) in [5.74, 6) is 1.05. The number of hydrogen-bond donors (Lipinski definition) is 1. The van der Waals surface area contributed by atoms with E-state index in [0.29, 0.717) is 11.8 Å². The largest absolute Gasteiger partial charge is 0.320 e. The maximum atomic E-state index is 13.0. The standard InChI is InChI=1S/C17H26N2OS/c1-13(2)7-5-11-19-15(14-8-6-12-21-14)18-17(16(19)20)9-3-4-10-17/h6,8,12-13,15,18H,3-5,7,9-11H2,1-2H3. The van der Waals surface area contributed by atoms with E-state index >= 15 is 0 Å². The van der Waals surface area contributed by atoms with Crippen LogP contribution in [0.4, 0.5) is 0 Å². The van der Waals surface area contributed by atoms with Crippen LogP contribution in [0.1, 0.15) is 63.4 Å². The molecule has 3 rings (SSSR count). The fourth-order valence-electron chi connectivity index (χ4n) is 3.70. The number of thiophene rings is 1. The summed E-state index contributed by atoms with van der Waals surface area (Å²) in [5.41, 5.74) is -0.257. The fourth-order valence-corrected chi connectivity index (χ4v) is 4.49. The van der Waals surface area contributed by atoms with Crippen molar-refractivity contribution in [3.05, 3.63) is 22.4 Å². The number of nitrogens with one attached hydrogen (secondary N) is 1. The number of amides is 1. The minimum Gasteiger partial charge on any atom is -0.320 e. The summed E-state index contributed by atoms with van der Waals surface area (Å²) in [7, 11) is 0. The fraction of sp³-hybridized carbons (Fsp3) is 0.706. The van der Waals surface area contributed by atoms with Gasteiger partial charge in [-0.25, -0.2) is 0 Å². The van der Waals surface area contributed by atoms with E-state index in [4.69, 9.17) is 0 Å². The van der Waals surface area contributed by atoms with E-state index in [1.807, 2.05) is 0 Å². The monoisotopic (exact) mass is 306 g/mol. The zero-order valence-electron chi connectivity index (χ0n) is 13.1. The lowest BCUT2D eigenvalue weighted by molar-refractivity contribution is -0.133. The van der Waals surface area contributed by atoms with Gasteiger partial charge in [-0.1, -0.05) is 32.8 Å². The van der Waals surface area contributed by atoms with Crippen LogP contribution in [0.3, 0.4) is 0 Å². The molecule has 0 aromatic carbocycles. The molecule has 1 unspecified atom stereocenters. The summed E-state index contributed by atoms with van der Waals surface area (Å²) >= 11 is 1.75. The van der Waals surface area contributed by atoms with E-state index in [1.54, 1.807) is 11.3 Å². The Hall–Kier alpha value is -0.870. The van der Waals surface area contributed by atoms with E-state index in [-0.39, 0.29) is 11.7 Å². The first-order valence-corrected chi connectivity index (χ1v) is 9.12. The zero-order valence-corrected chi connectivity index (χ0v) is 13.9. The second kappa shape index (κ2) is 6.09. The van der Waals surface area contributed by atoms with E-state index < -0.39 is 0 Å². The lowest BCUT2D eigenvalue weighted by atomic mass is 9.98. The molecule has 3 nitrogen and oxygen atoms in total. The SMILES string of the molecule is CC(C)CCCN1C(=O)C2(CCCC2)NC1c1cccs1. The molecule has 1 N–H and O–H groups in total. The van der Waals surface area contributed by atoms with Gasteiger partial charge in [-0.05, 0) is 43.0 Å². The van der Waals surface area contributed by atoms with Gasteiger partial charge in [-0.3, -0.25) is 10.1 Å². The highest BCUT2D eigenvalue weighted by Gasteiger charge is 2.52. The minimum atomic E-state index is -0.257. The van der Waals surface area contributed by atoms with Gasteiger partial charge in [-0.2, -0.15) is 0 Å². The number of hydrogen-bond acceptors (Lipinski definition) is 3. The van der Waals surface area contributed by atoms with Crippen LogP contribution in [0.15, 0.2) is 17.5 Å². The van der Waals surface area contributed by atoms with Gasteiger partial charge in [0.1, 0.15) is 6.17 Å². The van der Waals surface area contributed by atoms with Crippen LogP contribution >= 0.6 is 11.3 Å². The molecule has 1 aliphatic carbocycles. The Balaban J connectivity index is 1.77. The van der Waals surface area contributed by atoms with E-state index in [0.717, 1.165) is 25.8 Å².